The van der Waals surface area contributed by atoms with Gasteiger partial charge in [-0.1, -0.05) is 0 Å². The molecular formula is C12H15FN2O. The summed E-state index contributed by atoms with van der Waals surface area (Å²) in [6, 6.07) is 6.93. The molecular weight excluding hydrogens is 207 g/mol. The van der Waals surface area contributed by atoms with Crippen LogP contribution in [0.25, 0.3) is 0 Å². The smallest absolute Gasteiger partial charge is 0.119 e. The van der Waals surface area contributed by atoms with Crippen LogP contribution in [0.5, 0.6) is 5.75 Å². The number of aryl methyl sites for hydroxylation is 1. The SMILES string of the molecule is CC(C)(C#N)Nc1ccc(O)c(CCF)c1. The molecule has 1 rings (SSSR count). The van der Waals surface area contributed by atoms with Gasteiger partial charge in [-0.2, -0.15) is 5.26 Å². The maximum Gasteiger partial charge on any atom is 0.119 e. The number of benzene rings is 1. The predicted octanol–water partition coefficient (Wildman–Crippen LogP) is 2.62. The zero-order valence-corrected chi connectivity index (χ0v) is 9.42. The molecule has 2 N–H and O–H groups in total. The molecule has 1 aromatic rings. The fourth-order valence-electron chi connectivity index (χ4n) is 1.35. The number of phenolic OH excluding ortho intramolecular Hbond substituents is 1. The minimum atomic E-state index is -0.691. The van der Waals surface area contributed by atoms with E-state index in [0.717, 1.165) is 0 Å². The van der Waals surface area contributed by atoms with E-state index in [1.807, 2.05) is 0 Å². The van der Waals surface area contributed by atoms with Crippen molar-refractivity contribution in [1.29, 1.82) is 5.26 Å². The molecule has 0 bridgehead atoms. The van der Waals surface area contributed by atoms with Gasteiger partial charge in [-0.3, -0.25) is 4.39 Å². The van der Waals surface area contributed by atoms with E-state index in [9.17, 15) is 9.50 Å². The lowest BCUT2D eigenvalue weighted by atomic mass is 10.1. The normalized spacial score (nSPS) is 10.9. The summed E-state index contributed by atoms with van der Waals surface area (Å²) in [5.74, 6) is 0.0814. The van der Waals surface area contributed by atoms with Gasteiger partial charge < -0.3 is 10.4 Å². The number of alkyl halides is 1. The number of nitriles is 1. The van der Waals surface area contributed by atoms with Gasteiger partial charge in [0.1, 0.15) is 11.3 Å². The molecule has 3 nitrogen and oxygen atoms in total. The summed E-state index contributed by atoms with van der Waals surface area (Å²) in [5, 5.41) is 21.3. The number of phenols is 1. The molecule has 86 valence electrons. The summed E-state index contributed by atoms with van der Waals surface area (Å²) in [7, 11) is 0. The van der Waals surface area contributed by atoms with E-state index >= 15 is 0 Å². The molecule has 0 radical (unpaired) electrons. The van der Waals surface area contributed by atoms with Crippen molar-refractivity contribution in [2.75, 3.05) is 12.0 Å². The third-order valence-corrected chi connectivity index (χ3v) is 2.18. The molecule has 0 aromatic heterocycles. The van der Waals surface area contributed by atoms with E-state index in [1.54, 1.807) is 26.0 Å². The number of anilines is 1. The summed E-state index contributed by atoms with van der Waals surface area (Å²) < 4.78 is 12.2. The highest BCUT2D eigenvalue weighted by atomic mass is 19.1. The average molecular weight is 222 g/mol. The van der Waals surface area contributed by atoms with Crippen molar-refractivity contribution in [2.24, 2.45) is 0 Å². The summed E-state index contributed by atoms with van der Waals surface area (Å²) in [6.07, 6.45) is 0.175. The van der Waals surface area contributed by atoms with Crippen molar-refractivity contribution in [3.63, 3.8) is 0 Å². The first-order valence-corrected chi connectivity index (χ1v) is 5.06. The number of nitrogens with zero attached hydrogens (tertiary/aromatic N) is 1. The second-order valence-corrected chi connectivity index (χ2v) is 4.14. The Morgan fingerprint density at radius 3 is 2.75 bits per heavy atom. The van der Waals surface area contributed by atoms with Crippen LogP contribution in [0.4, 0.5) is 10.1 Å². The third-order valence-electron chi connectivity index (χ3n) is 2.18. The van der Waals surface area contributed by atoms with E-state index in [1.165, 1.54) is 6.07 Å². The fraction of sp³-hybridized carbons (Fsp3) is 0.417. The number of hydrogen-bond donors (Lipinski definition) is 2. The Morgan fingerprint density at radius 1 is 1.50 bits per heavy atom. The molecule has 0 amide bonds. The Labute approximate surface area is 94.5 Å². The van der Waals surface area contributed by atoms with Crippen molar-refractivity contribution < 1.29 is 9.50 Å². The van der Waals surface area contributed by atoms with Gasteiger partial charge in [-0.05, 0) is 37.6 Å². The van der Waals surface area contributed by atoms with Crippen LogP contribution in [0.1, 0.15) is 19.4 Å². The molecule has 0 saturated carbocycles. The molecule has 0 fully saturated rings. The van der Waals surface area contributed by atoms with Gasteiger partial charge in [0.25, 0.3) is 0 Å². The van der Waals surface area contributed by atoms with Gasteiger partial charge in [0.15, 0.2) is 0 Å². The molecule has 0 unspecified atom stereocenters. The number of halogens is 1. The van der Waals surface area contributed by atoms with Crippen LogP contribution in [0.15, 0.2) is 18.2 Å². The standard InChI is InChI=1S/C12H15FN2O/c1-12(2,8-14)15-10-3-4-11(16)9(7-10)5-6-13/h3-4,7,15-16H,5-6H2,1-2H3. The van der Waals surface area contributed by atoms with Crippen molar-refractivity contribution in [3.8, 4) is 11.8 Å². The molecule has 0 aliphatic heterocycles. The maximum absolute atomic E-state index is 12.2. The Bertz CT molecular complexity index is 410. The zero-order valence-electron chi connectivity index (χ0n) is 9.42. The summed E-state index contributed by atoms with van der Waals surface area (Å²) in [5.41, 5.74) is 0.554. The Hall–Kier alpha value is -1.76. The summed E-state index contributed by atoms with van der Waals surface area (Å²) in [4.78, 5) is 0. The molecule has 0 saturated heterocycles. The molecule has 0 atom stereocenters. The minimum absolute atomic E-state index is 0.0814. The van der Waals surface area contributed by atoms with Gasteiger partial charge in [0.2, 0.25) is 0 Å². The fourth-order valence-corrected chi connectivity index (χ4v) is 1.35. The van der Waals surface area contributed by atoms with E-state index < -0.39 is 12.2 Å². The Kier molecular flexibility index (Phi) is 3.73. The number of nitrogens with one attached hydrogen (secondary N) is 1. The topological polar surface area (TPSA) is 56.0 Å². The second kappa shape index (κ2) is 4.84. The van der Waals surface area contributed by atoms with Crippen LogP contribution in [0.3, 0.4) is 0 Å². The quantitative estimate of drug-likeness (QED) is 0.770. The highest BCUT2D eigenvalue weighted by molar-refractivity contribution is 5.53. The van der Waals surface area contributed by atoms with Crippen molar-refractivity contribution in [3.05, 3.63) is 23.8 Å². The van der Waals surface area contributed by atoms with Crippen molar-refractivity contribution >= 4 is 5.69 Å². The van der Waals surface area contributed by atoms with Crippen LogP contribution >= 0.6 is 0 Å². The third kappa shape index (κ3) is 3.13. The van der Waals surface area contributed by atoms with E-state index in [4.69, 9.17) is 5.26 Å². The van der Waals surface area contributed by atoms with Gasteiger partial charge in [0.05, 0.1) is 12.7 Å². The Morgan fingerprint density at radius 2 is 2.19 bits per heavy atom. The first-order chi connectivity index (χ1) is 7.48. The summed E-state index contributed by atoms with van der Waals surface area (Å²) >= 11 is 0. The number of aromatic hydroxyl groups is 1. The maximum atomic E-state index is 12.2. The monoisotopic (exact) mass is 222 g/mol. The van der Waals surface area contributed by atoms with Gasteiger partial charge in [0, 0.05) is 12.1 Å². The van der Waals surface area contributed by atoms with Crippen molar-refractivity contribution in [2.45, 2.75) is 25.8 Å². The van der Waals surface area contributed by atoms with Gasteiger partial charge >= 0.3 is 0 Å². The van der Waals surface area contributed by atoms with E-state index in [2.05, 4.69) is 11.4 Å². The largest absolute Gasteiger partial charge is 0.508 e. The Balaban J connectivity index is 2.91. The molecule has 4 heteroatoms. The van der Waals surface area contributed by atoms with Crippen molar-refractivity contribution in [1.82, 2.24) is 0 Å². The minimum Gasteiger partial charge on any atom is -0.508 e. The number of rotatable bonds is 4. The first-order valence-electron chi connectivity index (χ1n) is 5.06. The number of hydrogen-bond acceptors (Lipinski definition) is 3. The summed E-state index contributed by atoms with van der Waals surface area (Å²) in [6.45, 7) is 2.97. The molecule has 1 aromatic carbocycles. The lowest BCUT2D eigenvalue weighted by molar-refractivity contribution is 0.452. The molecule has 0 spiro atoms. The average Bonchev–Trinajstić information content (AvgIpc) is 2.23. The van der Waals surface area contributed by atoms with Crippen LogP contribution in [0, 0.1) is 11.3 Å². The highest BCUT2D eigenvalue weighted by Gasteiger charge is 2.16. The van der Waals surface area contributed by atoms with Gasteiger partial charge in [-0.15, -0.1) is 0 Å². The predicted molar refractivity (Wildman–Crippen MR) is 61.1 cm³/mol. The van der Waals surface area contributed by atoms with Crippen LogP contribution in [-0.4, -0.2) is 17.3 Å². The van der Waals surface area contributed by atoms with E-state index in [0.29, 0.717) is 11.3 Å². The first kappa shape index (κ1) is 12.3. The van der Waals surface area contributed by atoms with Crippen LogP contribution < -0.4 is 5.32 Å². The van der Waals surface area contributed by atoms with Crippen LogP contribution in [-0.2, 0) is 6.42 Å². The van der Waals surface area contributed by atoms with Gasteiger partial charge in [-0.25, -0.2) is 0 Å². The highest BCUT2D eigenvalue weighted by Crippen LogP contribution is 2.24. The lowest BCUT2D eigenvalue weighted by Crippen LogP contribution is -2.28. The lowest BCUT2D eigenvalue weighted by Gasteiger charge is -2.19. The second-order valence-electron chi connectivity index (χ2n) is 4.14. The molecule has 16 heavy (non-hydrogen) atoms. The van der Waals surface area contributed by atoms with Crippen LogP contribution in [0.2, 0.25) is 0 Å². The molecule has 0 heterocycles. The molecule has 0 aliphatic rings. The molecule has 0 aliphatic carbocycles. The zero-order chi connectivity index (χ0) is 12.2. The van der Waals surface area contributed by atoms with E-state index in [-0.39, 0.29) is 12.2 Å².